The van der Waals surface area contributed by atoms with Crippen molar-refractivity contribution in [1.29, 1.82) is 0 Å². The predicted molar refractivity (Wildman–Crippen MR) is 158 cm³/mol. The first-order valence-corrected chi connectivity index (χ1v) is 16.4. The summed E-state index contributed by atoms with van der Waals surface area (Å²) in [6, 6.07) is 0. The van der Waals surface area contributed by atoms with Crippen molar-refractivity contribution in [3.63, 3.8) is 0 Å². The Labute approximate surface area is 229 Å². The topological polar surface area (TPSA) is 26.0 Å². The van der Waals surface area contributed by atoms with Gasteiger partial charge in [0.05, 0.1) is 0 Å². The van der Waals surface area contributed by atoms with Crippen LogP contribution in [0.2, 0.25) is 0 Å². The predicted octanol–water partition coefficient (Wildman–Crippen LogP) is 9.57. The lowest BCUT2D eigenvalue weighted by molar-refractivity contribution is -0.201. The normalized spacial score (nSPS) is 53.6. The van der Waals surface area contributed by atoms with Crippen LogP contribution < -0.4 is 5.73 Å². The molecular weight excluding hydrogens is 446 g/mol. The first-order chi connectivity index (χ1) is 17.3. The average Bonchev–Trinajstić information content (AvgIpc) is 3.22. The van der Waals surface area contributed by atoms with Crippen molar-refractivity contribution >= 4 is 0 Å². The van der Waals surface area contributed by atoms with E-state index in [0.29, 0.717) is 33.5 Å². The van der Waals surface area contributed by atoms with E-state index in [2.05, 4.69) is 54.2 Å². The molecule has 11 atom stereocenters. The molecule has 1 nitrogen and oxygen atoms in total. The molecule has 6 aliphatic rings. The van der Waals surface area contributed by atoms with Crippen LogP contribution in [0.3, 0.4) is 0 Å². The molecule has 0 bridgehead atoms. The van der Waals surface area contributed by atoms with Crippen LogP contribution in [0.25, 0.3) is 0 Å². The van der Waals surface area contributed by atoms with Gasteiger partial charge in [0.2, 0.25) is 0 Å². The second kappa shape index (κ2) is 8.47. The van der Waals surface area contributed by atoms with Gasteiger partial charge in [0, 0.05) is 5.54 Å². The summed E-state index contributed by atoms with van der Waals surface area (Å²) in [7, 11) is 0. The molecule has 6 fully saturated rings. The summed E-state index contributed by atoms with van der Waals surface area (Å²) < 4.78 is 0. The number of allylic oxidation sites excluding steroid dienone is 2. The van der Waals surface area contributed by atoms with Crippen LogP contribution in [0, 0.1) is 69.0 Å². The molecule has 0 saturated heterocycles. The van der Waals surface area contributed by atoms with Gasteiger partial charge in [-0.2, -0.15) is 0 Å². The summed E-state index contributed by atoms with van der Waals surface area (Å²) in [6.45, 7) is 24.6. The van der Waals surface area contributed by atoms with E-state index in [-0.39, 0.29) is 5.54 Å². The van der Waals surface area contributed by atoms with Crippen molar-refractivity contribution in [2.75, 3.05) is 0 Å². The molecule has 1 heteroatoms. The molecule has 11 unspecified atom stereocenters. The number of hydrogen-bond acceptors (Lipinski definition) is 1. The third kappa shape index (κ3) is 3.56. The van der Waals surface area contributed by atoms with E-state index in [1.165, 1.54) is 83.5 Å². The maximum Gasteiger partial charge on any atom is 0.0185 e. The Hall–Kier alpha value is -0.560. The smallest absolute Gasteiger partial charge is 0.0185 e. The van der Waals surface area contributed by atoms with Crippen molar-refractivity contribution < 1.29 is 0 Å². The Balaban J connectivity index is 1.20. The van der Waals surface area contributed by atoms with Crippen molar-refractivity contribution in [1.82, 2.24) is 0 Å². The fourth-order valence-corrected chi connectivity index (χ4v) is 13.2. The van der Waals surface area contributed by atoms with Gasteiger partial charge in [0.1, 0.15) is 0 Å². The lowest BCUT2D eigenvalue weighted by Gasteiger charge is -2.69. The molecule has 0 aromatic heterocycles. The third-order valence-corrected chi connectivity index (χ3v) is 15.5. The van der Waals surface area contributed by atoms with E-state index in [1.807, 2.05) is 0 Å². The quantitative estimate of drug-likeness (QED) is 0.378. The lowest BCUT2D eigenvalue weighted by Crippen LogP contribution is -2.63. The molecule has 0 aromatic carbocycles. The SMILES string of the molecule is C=CC1CC(C(=C)CC2CCC3(C)C(CCC4(C)C5CCC6(N)CCCC6C5CCC43)C2(C)C)C1(C)C. The molecule has 0 aliphatic heterocycles. The molecule has 0 aromatic rings. The van der Waals surface area contributed by atoms with Gasteiger partial charge in [-0.25, -0.2) is 0 Å². The van der Waals surface area contributed by atoms with Gasteiger partial charge in [-0.3, -0.25) is 0 Å². The zero-order valence-electron chi connectivity index (χ0n) is 25.4. The van der Waals surface area contributed by atoms with Gasteiger partial charge in [-0.05, 0) is 146 Å². The number of hydrogen-bond donors (Lipinski definition) is 1. The molecule has 6 aliphatic carbocycles. The van der Waals surface area contributed by atoms with Crippen LogP contribution >= 0.6 is 0 Å². The van der Waals surface area contributed by atoms with Crippen LogP contribution in [0.5, 0.6) is 0 Å². The Morgan fingerprint density at radius 1 is 0.784 bits per heavy atom. The molecule has 0 spiro atoms. The van der Waals surface area contributed by atoms with Crippen LogP contribution in [-0.2, 0) is 0 Å². The maximum atomic E-state index is 7.06. The van der Waals surface area contributed by atoms with Crippen LogP contribution in [0.15, 0.2) is 24.8 Å². The van der Waals surface area contributed by atoms with E-state index < -0.39 is 0 Å². The van der Waals surface area contributed by atoms with Gasteiger partial charge in [0.25, 0.3) is 0 Å². The molecule has 0 radical (unpaired) electrons. The van der Waals surface area contributed by atoms with E-state index in [4.69, 9.17) is 12.3 Å². The third-order valence-electron chi connectivity index (χ3n) is 15.5. The van der Waals surface area contributed by atoms with E-state index in [0.717, 1.165) is 35.5 Å². The first-order valence-electron chi connectivity index (χ1n) is 16.4. The summed E-state index contributed by atoms with van der Waals surface area (Å²) in [5, 5.41) is 0. The molecule has 6 saturated carbocycles. The summed E-state index contributed by atoms with van der Waals surface area (Å²) in [6.07, 6.45) is 20.3. The van der Waals surface area contributed by atoms with Gasteiger partial charge >= 0.3 is 0 Å². The molecule has 0 amide bonds. The molecule has 0 heterocycles. The monoisotopic (exact) mass is 505 g/mol. The second-order valence-corrected chi connectivity index (χ2v) is 17.1. The Morgan fingerprint density at radius 3 is 2.22 bits per heavy atom. The van der Waals surface area contributed by atoms with Crippen molar-refractivity contribution in [3.8, 4) is 0 Å². The zero-order valence-corrected chi connectivity index (χ0v) is 25.4. The number of rotatable bonds is 4. The molecule has 37 heavy (non-hydrogen) atoms. The summed E-state index contributed by atoms with van der Waals surface area (Å²) in [4.78, 5) is 0. The zero-order chi connectivity index (χ0) is 26.6. The Bertz CT molecular complexity index is 942. The van der Waals surface area contributed by atoms with Crippen molar-refractivity contribution in [3.05, 3.63) is 24.8 Å². The van der Waals surface area contributed by atoms with Crippen LogP contribution in [0.1, 0.15) is 125 Å². The molecular formula is C36H59N. The highest BCUT2D eigenvalue weighted by atomic mass is 14.8. The number of fused-ring (bicyclic) bond motifs is 7. The van der Waals surface area contributed by atoms with E-state index >= 15 is 0 Å². The fraction of sp³-hybridized carbons (Fsp3) is 0.889. The Morgan fingerprint density at radius 2 is 1.51 bits per heavy atom. The minimum Gasteiger partial charge on any atom is -0.325 e. The highest BCUT2D eigenvalue weighted by Crippen LogP contribution is 2.73. The first kappa shape index (κ1) is 26.7. The standard InChI is InChI=1S/C36H59N/c1-9-24-22-29(32(24,3)4)23(2)21-25-14-18-35(8)30(33(25,5)6)16-19-34(7)27-15-20-36(37)17-10-11-28(36)26(27)12-13-31(34)35/h9,24-31H,1-2,10-22,37H2,3-8H3. The van der Waals surface area contributed by atoms with Gasteiger partial charge in [0.15, 0.2) is 0 Å². The minimum atomic E-state index is 0.189. The average molecular weight is 506 g/mol. The molecule has 6 rings (SSSR count). The highest BCUT2D eigenvalue weighted by molar-refractivity contribution is 5.20. The van der Waals surface area contributed by atoms with Crippen molar-refractivity contribution in [2.24, 2.45) is 74.7 Å². The summed E-state index contributed by atoms with van der Waals surface area (Å²) in [5.41, 5.74) is 10.6. The maximum absolute atomic E-state index is 7.06. The highest BCUT2D eigenvalue weighted by Gasteiger charge is 2.66. The summed E-state index contributed by atoms with van der Waals surface area (Å²) >= 11 is 0. The van der Waals surface area contributed by atoms with Gasteiger partial charge in [-0.15, -0.1) is 6.58 Å². The van der Waals surface area contributed by atoms with E-state index in [1.54, 1.807) is 5.57 Å². The van der Waals surface area contributed by atoms with Gasteiger partial charge < -0.3 is 5.73 Å². The lowest BCUT2D eigenvalue weighted by atomic mass is 9.35. The summed E-state index contributed by atoms with van der Waals surface area (Å²) in [5.74, 6) is 6.59. The van der Waals surface area contributed by atoms with Crippen LogP contribution in [-0.4, -0.2) is 5.54 Å². The molecule has 208 valence electrons. The Kier molecular flexibility index (Phi) is 6.10. The molecule has 2 N–H and O–H groups in total. The van der Waals surface area contributed by atoms with Crippen LogP contribution in [0.4, 0.5) is 0 Å². The number of nitrogens with two attached hydrogens (primary N) is 1. The minimum absolute atomic E-state index is 0.189. The fourth-order valence-electron chi connectivity index (χ4n) is 13.2. The largest absolute Gasteiger partial charge is 0.325 e. The van der Waals surface area contributed by atoms with E-state index in [9.17, 15) is 0 Å². The van der Waals surface area contributed by atoms with Crippen molar-refractivity contribution in [2.45, 2.75) is 131 Å². The van der Waals surface area contributed by atoms with Gasteiger partial charge in [-0.1, -0.05) is 66.2 Å². The second-order valence-electron chi connectivity index (χ2n) is 17.1.